The highest BCUT2D eigenvalue weighted by atomic mass is 32.2. The van der Waals surface area contributed by atoms with E-state index in [1.807, 2.05) is 11.8 Å². The zero-order chi connectivity index (χ0) is 17.0. The van der Waals surface area contributed by atoms with Crippen LogP contribution in [0, 0.1) is 11.3 Å². The third-order valence-electron chi connectivity index (χ3n) is 6.62. The molecule has 1 aliphatic heterocycles. The molecule has 1 aromatic carbocycles. The van der Waals surface area contributed by atoms with Crippen LogP contribution in [0.1, 0.15) is 63.4 Å². The molecule has 3 heteroatoms. The third-order valence-corrected chi connectivity index (χ3v) is 7.80. The van der Waals surface area contributed by atoms with Crippen LogP contribution in [0.25, 0.3) is 0 Å². The van der Waals surface area contributed by atoms with E-state index in [9.17, 15) is 0 Å². The van der Waals surface area contributed by atoms with Gasteiger partial charge in [0, 0.05) is 17.7 Å². The Morgan fingerprint density at radius 1 is 1.04 bits per heavy atom. The Bertz CT molecular complexity index is 526. The van der Waals surface area contributed by atoms with Crippen LogP contribution in [-0.4, -0.2) is 24.3 Å². The van der Waals surface area contributed by atoms with Crippen LogP contribution >= 0.6 is 11.8 Å². The standard InChI is InChI=1S/C22H33NOS/c1-2-10-22(11-3-1)12-4-5-19(14-22)16-24-20-8-6-18(7-9-20)13-21-15-23-17-25-21/h6-9,19,21,23H,1-5,10-17H2. The lowest BCUT2D eigenvalue weighted by atomic mass is 9.63. The van der Waals surface area contributed by atoms with Crippen molar-refractivity contribution >= 4 is 11.8 Å². The summed E-state index contributed by atoms with van der Waals surface area (Å²) in [6.07, 6.45) is 14.2. The zero-order valence-electron chi connectivity index (χ0n) is 15.5. The summed E-state index contributed by atoms with van der Waals surface area (Å²) in [5.41, 5.74) is 2.12. The fourth-order valence-electron chi connectivity index (χ4n) is 5.27. The summed E-state index contributed by atoms with van der Waals surface area (Å²) >= 11 is 2.04. The highest BCUT2D eigenvalue weighted by Crippen LogP contribution is 2.49. The second kappa shape index (κ2) is 8.35. The Hall–Kier alpha value is -0.670. The number of thioether (sulfide) groups is 1. The van der Waals surface area contributed by atoms with Gasteiger partial charge in [-0.05, 0) is 67.6 Å². The van der Waals surface area contributed by atoms with Gasteiger partial charge in [0.1, 0.15) is 5.75 Å². The first kappa shape index (κ1) is 17.7. The van der Waals surface area contributed by atoms with Crippen LogP contribution in [0.15, 0.2) is 24.3 Å². The van der Waals surface area contributed by atoms with Gasteiger partial charge in [-0.2, -0.15) is 0 Å². The van der Waals surface area contributed by atoms with Gasteiger partial charge < -0.3 is 10.1 Å². The molecule has 2 aliphatic carbocycles. The van der Waals surface area contributed by atoms with E-state index in [1.54, 1.807) is 0 Å². The van der Waals surface area contributed by atoms with Crippen molar-refractivity contribution < 1.29 is 4.74 Å². The maximum atomic E-state index is 6.19. The van der Waals surface area contributed by atoms with E-state index in [4.69, 9.17) is 4.74 Å². The molecule has 0 bridgehead atoms. The highest BCUT2D eigenvalue weighted by Gasteiger charge is 2.37. The van der Waals surface area contributed by atoms with Crippen molar-refractivity contribution in [1.82, 2.24) is 5.32 Å². The molecular formula is C22H33NOS. The van der Waals surface area contributed by atoms with Gasteiger partial charge in [-0.1, -0.05) is 37.8 Å². The van der Waals surface area contributed by atoms with Crippen LogP contribution in [-0.2, 0) is 6.42 Å². The molecule has 25 heavy (non-hydrogen) atoms. The smallest absolute Gasteiger partial charge is 0.119 e. The number of rotatable bonds is 5. The summed E-state index contributed by atoms with van der Waals surface area (Å²) in [4.78, 5) is 0. The van der Waals surface area contributed by atoms with Crippen molar-refractivity contribution in [3.63, 3.8) is 0 Å². The predicted molar refractivity (Wildman–Crippen MR) is 107 cm³/mol. The maximum Gasteiger partial charge on any atom is 0.119 e. The lowest BCUT2D eigenvalue weighted by Crippen LogP contribution is -2.33. The molecule has 3 fully saturated rings. The van der Waals surface area contributed by atoms with Gasteiger partial charge in [0.2, 0.25) is 0 Å². The quantitative estimate of drug-likeness (QED) is 0.759. The number of nitrogens with one attached hydrogen (secondary N) is 1. The lowest BCUT2D eigenvalue weighted by Gasteiger charge is -2.43. The molecular weight excluding hydrogens is 326 g/mol. The first-order valence-corrected chi connectivity index (χ1v) is 11.4. The van der Waals surface area contributed by atoms with Gasteiger partial charge in [-0.3, -0.25) is 0 Å². The van der Waals surface area contributed by atoms with E-state index >= 15 is 0 Å². The molecule has 1 heterocycles. The number of benzene rings is 1. The van der Waals surface area contributed by atoms with Crippen molar-refractivity contribution in [2.24, 2.45) is 11.3 Å². The van der Waals surface area contributed by atoms with Crippen molar-refractivity contribution in [3.8, 4) is 5.75 Å². The first-order chi connectivity index (χ1) is 12.3. The number of hydrogen-bond acceptors (Lipinski definition) is 3. The fraction of sp³-hybridized carbons (Fsp3) is 0.727. The largest absolute Gasteiger partial charge is 0.493 e. The lowest BCUT2D eigenvalue weighted by molar-refractivity contribution is 0.0658. The topological polar surface area (TPSA) is 21.3 Å². The van der Waals surface area contributed by atoms with Gasteiger partial charge in [0.15, 0.2) is 0 Å². The van der Waals surface area contributed by atoms with Gasteiger partial charge in [0.05, 0.1) is 6.61 Å². The average molecular weight is 360 g/mol. The van der Waals surface area contributed by atoms with Crippen LogP contribution < -0.4 is 10.1 Å². The molecule has 4 rings (SSSR count). The minimum atomic E-state index is 0.682. The Balaban J connectivity index is 1.26. The van der Waals surface area contributed by atoms with Crippen molar-refractivity contribution in [2.75, 3.05) is 19.0 Å². The minimum absolute atomic E-state index is 0.682. The van der Waals surface area contributed by atoms with Crippen LogP contribution in [0.2, 0.25) is 0 Å². The SMILES string of the molecule is c1cc(OCC2CCCC3(CCCCC3)C2)ccc1CC1CNCS1. The highest BCUT2D eigenvalue weighted by molar-refractivity contribution is 8.00. The van der Waals surface area contributed by atoms with Crippen molar-refractivity contribution in [1.29, 1.82) is 0 Å². The Morgan fingerprint density at radius 2 is 1.84 bits per heavy atom. The average Bonchev–Trinajstić information content (AvgIpc) is 3.15. The van der Waals surface area contributed by atoms with Crippen molar-refractivity contribution in [2.45, 2.75) is 69.5 Å². The summed E-state index contributed by atoms with van der Waals surface area (Å²) in [6, 6.07) is 8.89. The van der Waals surface area contributed by atoms with Crippen molar-refractivity contribution in [3.05, 3.63) is 29.8 Å². The van der Waals surface area contributed by atoms with Crippen LogP contribution in [0.5, 0.6) is 5.75 Å². The van der Waals surface area contributed by atoms with Gasteiger partial charge >= 0.3 is 0 Å². The summed E-state index contributed by atoms with van der Waals surface area (Å²) in [5, 5.41) is 4.16. The molecule has 1 aromatic rings. The second-order valence-electron chi connectivity index (χ2n) is 8.57. The molecule has 0 radical (unpaired) electrons. The van der Waals surface area contributed by atoms with Gasteiger partial charge in [0.25, 0.3) is 0 Å². The fourth-order valence-corrected chi connectivity index (χ4v) is 6.28. The number of hydrogen-bond donors (Lipinski definition) is 1. The van der Waals surface area contributed by atoms with Crippen LogP contribution in [0.3, 0.4) is 0 Å². The molecule has 1 saturated heterocycles. The second-order valence-corrected chi connectivity index (χ2v) is 9.86. The molecule has 2 atom stereocenters. The Kier molecular flexibility index (Phi) is 5.92. The summed E-state index contributed by atoms with van der Waals surface area (Å²) in [7, 11) is 0. The predicted octanol–water partition coefficient (Wildman–Crippen LogP) is 5.41. The van der Waals surface area contributed by atoms with E-state index in [0.717, 1.165) is 35.9 Å². The minimum Gasteiger partial charge on any atom is -0.493 e. The summed E-state index contributed by atoms with van der Waals surface area (Å²) in [5.74, 6) is 2.94. The molecule has 2 nitrogen and oxygen atoms in total. The zero-order valence-corrected chi connectivity index (χ0v) is 16.3. The van der Waals surface area contributed by atoms with Crippen LogP contribution in [0.4, 0.5) is 0 Å². The molecule has 1 spiro atoms. The van der Waals surface area contributed by atoms with E-state index in [2.05, 4.69) is 29.6 Å². The third kappa shape index (κ3) is 4.74. The van der Waals surface area contributed by atoms with E-state index in [0.29, 0.717) is 5.41 Å². The molecule has 0 aromatic heterocycles. The number of ether oxygens (including phenoxy) is 1. The van der Waals surface area contributed by atoms with Gasteiger partial charge in [-0.15, -0.1) is 11.8 Å². The summed E-state index contributed by atoms with van der Waals surface area (Å²) < 4.78 is 6.19. The van der Waals surface area contributed by atoms with E-state index in [-0.39, 0.29) is 0 Å². The normalized spacial score (nSPS) is 29.0. The van der Waals surface area contributed by atoms with E-state index in [1.165, 1.54) is 69.8 Å². The molecule has 3 aliphatic rings. The maximum absolute atomic E-state index is 6.19. The molecule has 138 valence electrons. The monoisotopic (exact) mass is 359 g/mol. The Morgan fingerprint density at radius 3 is 2.60 bits per heavy atom. The van der Waals surface area contributed by atoms with E-state index < -0.39 is 0 Å². The molecule has 0 amide bonds. The first-order valence-electron chi connectivity index (χ1n) is 10.4. The molecule has 2 saturated carbocycles. The summed E-state index contributed by atoms with van der Waals surface area (Å²) in [6.45, 7) is 2.07. The van der Waals surface area contributed by atoms with Gasteiger partial charge in [-0.25, -0.2) is 0 Å². The molecule has 1 N–H and O–H groups in total. The Labute approximate surface area is 157 Å². The molecule has 2 unspecified atom stereocenters.